The van der Waals surface area contributed by atoms with Crippen LogP contribution in [0.2, 0.25) is 0 Å². The average Bonchev–Trinajstić information content (AvgIpc) is 2.26. The number of amides is 1. The Hall–Kier alpha value is -1.07. The van der Waals surface area contributed by atoms with Crippen LogP contribution >= 0.6 is 15.9 Å². The molecular weight excluding hydrogens is 310 g/mol. The number of halogens is 1. The second kappa shape index (κ2) is 6.91. The molecule has 5 heteroatoms. The van der Waals surface area contributed by atoms with Crippen LogP contribution in [0, 0.1) is 0 Å². The van der Waals surface area contributed by atoms with Crippen molar-refractivity contribution in [2.45, 2.75) is 39.4 Å². The van der Waals surface area contributed by atoms with E-state index in [0.717, 1.165) is 15.6 Å². The molecule has 4 nitrogen and oxygen atoms in total. The average molecular weight is 330 g/mol. The van der Waals surface area contributed by atoms with Crippen molar-refractivity contribution in [1.29, 1.82) is 0 Å². The van der Waals surface area contributed by atoms with Gasteiger partial charge in [-0.05, 0) is 44.4 Å². The maximum atomic E-state index is 11.4. The van der Waals surface area contributed by atoms with Gasteiger partial charge in [0, 0.05) is 11.0 Å². The van der Waals surface area contributed by atoms with E-state index in [0.29, 0.717) is 13.0 Å². The number of carbonyl (C=O) groups excluding carboxylic acids is 1. The lowest BCUT2D eigenvalue weighted by atomic mass is 10.1. The molecule has 0 atom stereocenters. The topological polar surface area (TPSA) is 58.6 Å². The summed E-state index contributed by atoms with van der Waals surface area (Å²) in [7, 11) is 0. The fourth-order valence-corrected chi connectivity index (χ4v) is 2.05. The van der Waals surface area contributed by atoms with Crippen LogP contribution in [0.3, 0.4) is 0 Å². The zero-order chi connectivity index (χ0) is 14.5. The number of carbonyl (C=O) groups is 1. The lowest BCUT2D eigenvalue weighted by Crippen LogP contribution is -2.33. The standard InChI is InChI=1S/C14H20BrNO3/c1-14(2,3)19-13(18)16-7-6-10-4-5-11(9-17)12(15)8-10/h4-5,8,17H,6-7,9H2,1-3H3,(H,16,18). The van der Waals surface area contributed by atoms with Crippen LogP contribution in [0.4, 0.5) is 4.79 Å². The molecule has 0 fully saturated rings. The highest BCUT2D eigenvalue weighted by atomic mass is 79.9. The van der Waals surface area contributed by atoms with Crippen molar-refractivity contribution in [3.63, 3.8) is 0 Å². The zero-order valence-corrected chi connectivity index (χ0v) is 13.1. The van der Waals surface area contributed by atoms with E-state index >= 15 is 0 Å². The summed E-state index contributed by atoms with van der Waals surface area (Å²) in [6.45, 7) is 6.02. The minimum absolute atomic E-state index is 0.0109. The first kappa shape index (κ1) is 16.0. The Morgan fingerprint density at radius 1 is 1.42 bits per heavy atom. The molecule has 0 saturated heterocycles. The number of rotatable bonds is 4. The molecule has 0 radical (unpaired) electrons. The summed E-state index contributed by atoms with van der Waals surface area (Å²) in [6, 6.07) is 5.75. The fraction of sp³-hybridized carbons (Fsp3) is 0.500. The molecule has 0 aliphatic rings. The molecule has 1 aromatic rings. The Kier molecular flexibility index (Phi) is 5.82. The highest BCUT2D eigenvalue weighted by molar-refractivity contribution is 9.10. The van der Waals surface area contributed by atoms with Crippen LogP contribution < -0.4 is 5.32 Å². The van der Waals surface area contributed by atoms with Gasteiger partial charge in [-0.25, -0.2) is 4.79 Å². The number of aliphatic hydroxyl groups excluding tert-OH is 1. The number of hydrogen-bond donors (Lipinski definition) is 2. The van der Waals surface area contributed by atoms with Crippen LogP contribution in [0.1, 0.15) is 31.9 Å². The van der Waals surface area contributed by atoms with E-state index in [1.807, 2.05) is 39.0 Å². The fourth-order valence-electron chi connectivity index (χ4n) is 1.50. The third-order valence-corrected chi connectivity index (χ3v) is 3.11. The Morgan fingerprint density at radius 3 is 2.63 bits per heavy atom. The van der Waals surface area contributed by atoms with Crippen molar-refractivity contribution in [3.8, 4) is 0 Å². The molecule has 2 N–H and O–H groups in total. The van der Waals surface area contributed by atoms with E-state index in [1.165, 1.54) is 0 Å². The summed E-state index contributed by atoms with van der Waals surface area (Å²) in [6.07, 6.45) is 0.308. The Labute approximate surface area is 122 Å². The smallest absolute Gasteiger partial charge is 0.407 e. The summed E-state index contributed by atoms with van der Waals surface area (Å²) in [5.41, 5.74) is 1.46. The van der Waals surface area contributed by atoms with E-state index < -0.39 is 11.7 Å². The van der Waals surface area contributed by atoms with Crippen molar-refractivity contribution in [2.75, 3.05) is 6.54 Å². The molecule has 0 bridgehead atoms. The highest BCUT2D eigenvalue weighted by Gasteiger charge is 2.15. The van der Waals surface area contributed by atoms with Crippen molar-refractivity contribution < 1.29 is 14.6 Å². The van der Waals surface area contributed by atoms with Crippen LogP contribution in [-0.4, -0.2) is 23.3 Å². The van der Waals surface area contributed by atoms with Gasteiger partial charge >= 0.3 is 6.09 Å². The molecule has 0 unspecified atom stereocenters. The van der Waals surface area contributed by atoms with Gasteiger partial charge < -0.3 is 15.2 Å². The van der Waals surface area contributed by atoms with E-state index in [1.54, 1.807) is 0 Å². The molecule has 0 aromatic heterocycles. The van der Waals surface area contributed by atoms with Crippen molar-refractivity contribution in [1.82, 2.24) is 5.32 Å². The maximum absolute atomic E-state index is 11.4. The third kappa shape index (κ3) is 6.07. The molecule has 0 aliphatic carbocycles. The van der Waals surface area contributed by atoms with Gasteiger partial charge in [0.25, 0.3) is 0 Å². The first-order valence-electron chi connectivity index (χ1n) is 6.17. The van der Waals surface area contributed by atoms with Crippen molar-refractivity contribution in [3.05, 3.63) is 33.8 Å². The van der Waals surface area contributed by atoms with Gasteiger partial charge in [-0.15, -0.1) is 0 Å². The third-order valence-electron chi connectivity index (χ3n) is 2.37. The SMILES string of the molecule is CC(C)(C)OC(=O)NCCc1ccc(CO)c(Br)c1. The molecule has 0 heterocycles. The zero-order valence-electron chi connectivity index (χ0n) is 11.5. The van der Waals surface area contributed by atoms with Gasteiger partial charge in [0.2, 0.25) is 0 Å². The number of ether oxygens (including phenoxy) is 1. The molecule has 1 amide bonds. The second-order valence-corrected chi connectivity index (χ2v) is 6.12. The normalized spacial score (nSPS) is 11.2. The van der Waals surface area contributed by atoms with Crippen LogP contribution in [0.15, 0.2) is 22.7 Å². The van der Waals surface area contributed by atoms with E-state index in [4.69, 9.17) is 9.84 Å². The number of hydrogen-bond acceptors (Lipinski definition) is 3. The number of nitrogens with one attached hydrogen (secondary N) is 1. The van der Waals surface area contributed by atoms with Gasteiger partial charge in [-0.1, -0.05) is 28.1 Å². The molecule has 0 spiro atoms. The Balaban J connectivity index is 2.41. The van der Waals surface area contributed by atoms with Crippen LogP contribution in [0.5, 0.6) is 0 Å². The number of aliphatic hydroxyl groups is 1. The summed E-state index contributed by atoms with van der Waals surface area (Å²) in [4.78, 5) is 11.4. The molecule has 106 valence electrons. The van der Waals surface area contributed by atoms with Gasteiger partial charge in [-0.3, -0.25) is 0 Å². The minimum Gasteiger partial charge on any atom is -0.444 e. The lowest BCUT2D eigenvalue weighted by Gasteiger charge is -2.19. The molecular formula is C14H20BrNO3. The molecule has 19 heavy (non-hydrogen) atoms. The highest BCUT2D eigenvalue weighted by Crippen LogP contribution is 2.18. The monoisotopic (exact) mass is 329 g/mol. The van der Waals surface area contributed by atoms with Gasteiger partial charge in [0.05, 0.1) is 6.61 Å². The van der Waals surface area contributed by atoms with E-state index in [9.17, 15) is 4.79 Å². The summed E-state index contributed by atoms with van der Waals surface area (Å²) < 4.78 is 6.02. The van der Waals surface area contributed by atoms with Gasteiger partial charge in [0.1, 0.15) is 5.60 Å². The number of alkyl carbamates (subject to hydrolysis) is 1. The predicted octanol–water partition coefficient (Wildman–Crippen LogP) is 3.01. The van der Waals surface area contributed by atoms with Gasteiger partial charge in [0.15, 0.2) is 0 Å². The Bertz CT molecular complexity index is 441. The first-order chi connectivity index (χ1) is 8.81. The first-order valence-corrected chi connectivity index (χ1v) is 6.96. The van der Waals surface area contributed by atoms with Crippen molar-refractivity contribution >= 4 is 22.0 Å². The lowest BCUT2D eigenvalue weighted by molar-refractivity contribution is 0.0528. The molecule has 1 rings (SSSR count). The van der Waals surface area contributed by atoms with E-state index in [-0.39, 0.29) is 6.61 Å². The quantitative estimate of drug-likeness (QED) is 0.892. The van der Waals surface area contributed by atoms with E-state index in [2.05, 4.69) is 21.2 Å². The van der Waals surface area contributed by atoms with Crippen molar-refractivity contribution in [2.24, 2.45) is 0 Å². The van der Waals surface area contributed by atoms with Crippen LogP contribution in [0.25, 0.3) is 0 Å². The summed E-state index contributed by atoms with van der Waals surface area (Å²) >= 11 is 3.40. The Morgan fingerprint density at radius 2 is 2.11 bits per heavy atom. The predicted molar refractivity (Wildman–Crippen MR) is 78.0 cm³/mol. The van der Waals surface area contributed by atoms with Crippen LogP contribution in [-0.2, 0) is 17.8 Å². The summed E-state index contributed by atoms with van der Waals surface area (Å²) in [5.74, 6) is 0. The maximum Gasteiger partial charge on any atom is 0.407 e. The molecule has 0 aliphatic heterocycles. The largest absolute Gasteiger partial charge is 0.444 e. The van der Waals surface area contributed by atoms with Gasteiger partial charge in [-0.2, -0.15) is 0 Å². The summed E-state index contributed by atoms with van der Waals surface area (Å²) in [5, 5.41) is 11.8. The molecule has 0 saturated carbocycles. The number of benzene rings is 1. The second-order valence-electron chi connectivity index (χ2n) is 5.26. The minimum atomic E-state index is -0.476. The molecule has 1 aromatic carbocycles.